The molecule has 1 aromatic carbocycles. The number of benzene rings is 1. The summed E-state index contributed by atoms with van der Waals surface area (Å²) in [5, 5.41) is 3.37. The van der Waals surface area contributed by atoms with Gasteiger partial charge in [-0.3, -0.25) is 4.79 Å². The highest BCUT2D eigenvalue weighted by atomic mass is 79.9. The Morgan fingerprint density at radius 1 is 1.16 bits per heavy atom. The molecule has 3 nitrogen and oxygen atoms in total. The molecule has 0 spiro atoms. The second-order valence-electron chi connectivity index (χ2n) is 8.03. The number of hydrogen-bond donors (Lipinski definition) is 1. The highest BCUT2D eigenvalue weighted by Crippen LogP contribution is 2.55. The summed E-state index contributed by atoms with van der Waals surface area (Å²) >= 11 is 6.99. The van der Waals surface area contributed by atoms with Gasteiger partial charge >= 0.3 is 0 Å². The molecule has 4 saturated carbocycles. The van der Waals surface area contributed by atoms with Crippen molar-refractivity contribution in [2.45, 2.75) is 44.1 Å². The van der Waals surface area contributed by atoms with Crippen LogP contribution < -0.4 is 10.1 Å². The van der Waals surface area contributed by atoms with E-state index in [9.17, 15) is 4.79 Å². The zero-order chi connectivity index (χ0) is 17.6. The summed E-state index contributed by atoms with van der Waals surface area (Å²) in [6, 6.07) is 3.89. The molecular weight excluding hydrogens is 446 g/mol. The van der Waals surface area contributed by atoms with Crippen LogP contribution in [-0.4, -0.2) is 18.6 Å². The molecule has 1 amide bonds. The maximum Gasteiger partial charge on any atom is 0.244 e. The van der Waals surface area contributed by atoms with Crippen LogP contribution >= 0.6 is 31.9 Å². The van der Waals surface area contributed by atoms with Crippen molar-refractivity contribution in [1.29, 1.82) is 0 Å². The molecule has 4 fully saturated rings. The van der Waals surface area contributed by atoms with Crippen LogP contribution in [0.5, 0.6) is 5.75 Å². The normalized spacial score (nSPS) is 33.0. The Morgan fingerprint density at radius 3 is 2.32 bits per heavy atom. The van der Waals surface area contributed by atoms with Crippen LogP contribution in [0.4, 0.5) is 0 Å². The van der Waals surface area contributed by atoms with Crippen molar-refractivity contribution in [2.75, 3.05) is 7.11 Å². The number of ether oxygens (including phenoxy) is 1. The van der Waals surface area contributed by atoms with Crippen LogP contribution in [0.1, 0.15) is 44.1 Å². The summed E-state index contributed by atoms with van der Waals surface area (Å²) in [6.45, 7) is 0. The molecular formula is C20H23Br2NO2. The van der Waals surface area contributed by atoms with Gasteiger partial charge in [0.1, 0.15) is 5.75 Å². The Labute approximate surface area is 165 Å². The van der Waals surface area contributed by atoms with Crippen molar-refractivity contribution in [3.63, 3.8) is 0 Å². The van der Waals surface area contributed by atoms with E-state index in [0.717, 1.165) is 38.0 Å². The van der Waals surface area contributed by atoms with E-state index in [1.54, 1.807) is 13.2 Å². The monoisotopic (exact) mass is 467 g/mol. The summed E-state index contributed by atoms with van der Waals surface area (Å²) in [5.41, 5.74) is 0.933. The molecule has 0 aromatic heterocycles. The number of methoxy groups -OCH3 is 1. The smallest absolute Gasteiger partial charge is 0.244 e. The van der Waals surface area contributed by atoms with Crippen LogP contribution in [0.25, 0.3) is 6.08 Å². The standard InChI is InChI=1S/C20H23Br2NO2/c1-25-19-15(7-16(21)8-17(19)22)2-3-18(24)23-20-9-12-4-13(10-20)6-14(5-12)11-20/h2-3,7-8,12-14H,4-6,9-11H2,1H3,(H,23,24). The average molecular weight is 469 g/mol. The van der Waals surface area contributed by atoms with Crippen molar-refractivity contribution >= 4 is 43.8 Å². The number of halogens is 2. The third kappa shape index (κ3) is 3.55. The van der Waals surface area contributed by atoms with Gasteiger partial charge in [-0.1, -0.05) is 15.9 Å². The van der Waals surface area contributed by atoms with E-state index < -0.39 is 0 Å². The van der Waals surface area contributed by atoms with Gasteiger partial charge < -0.3 is 10.1 Å². The molecule has 0 radical (unpaired) electrons. The van der Waals surface area contributed by atoms with Gasteiger partial charge in [-0.15, -0.1) is 0 Å². The molecule has 5 heteroatoms. The fourth-order valence-corrected chi connectivity index (χ4v) is 7.07. The van der Waals surface area contributed by atoms with E-state index in [1.807, 2.05) is 18.2 Å². The second kappa shape index (κ2) is 6.73. The van der Waals surface area contributed by atoms with Gasteiger partial charge in [0.05, 0.1) is 11.6 Å². The van der Waals surface area contributed by atoms with Gasteiger partial charge in [-0.05, 0) is 90.4 Å². The summed E-state index contributed by atoms with van der Waals surface area (Å²) in [5.74, 6) is 3.24. The molecule has 0 aliphatic heterocycles. The minimum absolute atomic E-state index is 0.0140. The molecule has 1 N–H and O–H groups in total. The van der Waals surface area contributed by atoms with Crippen molar-refractivity contribution < 1.29 is 9.53 Å². The lowest BCUT2D eigenvalue weighted by Gasteiger charge is -2.56. The van der Waals surface area contributed by atoms with Crippen LogP contribution in [-0.2, 0) is 4.79 Å². The first-order chi connectivity index (χ1) is 12.0. The first-order valence-electron chi connectivity index (χ1n) is 8.99. The topological polar surface area (TPSA) is 38.3 Å². The number of amides is 1. The summed E-state index contributed by atoms with van der Waals surface area (Å²) in [4.78, 5) is 12.6. The minimum atomic E-state index is 0.0140. The van der Waals surface area contributed by atoms with Crippen LogP contribution in [0.15, 0.2) is 27.2 Å². The van der Waals surface area contributed by atoms with Gasteiger partial charge in [0, 0.05) is 21.7 Å². The molecule has 0 saturated heterocycles. The lowest BCUT2D eigenvalue weighted by molar-refractivity contribution is -0.122. The number of hydrogen-bond acceptors (Lipinski definition) is 2. The molecule has 0 heterocycles. The predicted molar refractivity (Wildman–Crippen MR) is 106 cm³/mol. The highest BCUT2D eigenvalue weighted by molar-refractivity contribution is 9.11. The van der Waals surface area contributed by atoms with Gasteiger partial charge in [0.25, 0.3) is 0 Å². The number of carbonyl (C=O) groups excluding carboxylic acids is 1. The van der Waals surface area contributed by atoms with Gasteiger partial charge in [-0.2, -0.15) is 0 Å². The number of nitrogens with one attached hydrogen (secondary N) is 1. The largest absolute Gasteiger partial charge is 0.495 e. The quantitative estimate of drug-likeness (QED) is 0.607. The molecule has 0 unspecified atom stereocenters. The minimum Gasteiger partial charge on any atom is -0.495 e. The Bertz CT molecular complexity index is 693. The van der Waals surface area contributed by atoms with Gasteiger partial charge in [-0.25, -0.2) is 0 Å². The molecule has 1 aromatic rings. The van der Waals surface area contributed by atoms with Gasteiger partial charge in [0.15, 0.2) is 0 Å². The Kier molecular flexibility index (Phi) is 4.74. The maximum absolute atomic E-state index is 12.6. The molecule has 0 atom stereocenters. The van der Waals surface area contributed by atoms with Crippen LogP contribution in [0.3, 0.4) is 0 Å². The molecule has 134 valence electrons. The lowest BCUT2D eigenvalue weighted by Crippen LogP contribution is -2.59. The maximum atomic E-state index is 12.6. The third-order valence-corrected chi connectivity index (χ3v) is 7.13. The van der Waals surface area contributed by atoms with Crippen molar-refractivity contribution in [1.82, 2.24) is 5.32 Å². The molecule has 25 heavy (non-hydrogen) atoms. The Balaban J connectivity index is 1.49. The number of rotatable bonds is 4. The van der Waals surface area contributed by atoms with Crippen molar-refractivity contribution in [2.24, 2.45) is 17.8 Å². The van der Waals surface area contributed by atoms with E-state index in [2.05, 4.69) is 37.2 Å². The van der Waals surface area contributed by atoms with E-state index >= 15 is 0 Å². The Morgan fingerprint density at radius 2 is 1.76 bits per heavy atom. The Hall–Kier alpha value is -0.810. The average Bonchev–Trinajstić information content (AvgIpc) is 2.50. The zero-order valence-electron chi connectivity index (χ0n) is 14.4. The summed E-state index contributed by atoms with van der Waals surface area (Å²) in [6.07, 6.45) is 11.1. The molecule has 4 aliphatic carbocycles. The molecule has 5 rings (SSSR count). The summed E-state index contributed by atoms with van der Waals surface area (Å²) in [7, 11) is 1.64. The van der Waals surface area contributed by atoms with Crippen molar-refractivity contribution in [3.8, 4) is 5.75 Å². The van der Waals surface area contributed by atoms with E-state index in [4.69, 9.17) is 4.74 Å². The van der Waals surface area contributed by atoms with Crippen molar-refractivity contribution in [3.05, 3.63) is 32.7 Å². The molecule has 4 bridgehead atoms. The predicted octanol–water partition coefficient (Wildman–Crippen LogP) is 5.32. The fraction of sp³-hybridized carbons (Fsp3) is 0.550. The van der Waals surface area contributed by atoms with E-state index in [1.165, 1.54) is 38.5 Å². The fourth-order valence-electron chi connectivity index (χ4n) is 5.65. The third-order valence-electron chi connectivity index (χ3n) is 6.08. The van der Waals surface area contributed by atoms with E-state index in [0.29, 0.717) is 0 Å². The lowest BCUT2D eigenvalue weighted by atomic mass is 9.53. The summed E-state index contributed by atoms with van der Waals surface area (Å²) < 4.78 is 7.26. The first kappa shape index (κ1) is 17.6. The van der Waals surface area contributed by atoms with Gasteiger partial charge in [0.2, 0.25) is 5.91 Å². The zero-order valence-corrected chi connectivity index (χ0v) is 17.5. The first-order valence-corrected chi connectivity index (χ1v) is 10.6. The molecule has 4 aliphatic rings. The highest BCUT2D eigenvalue weighted by Gasteiger charge is 2.51. The SMILES string of the molecule is COc1c(Br)cc(Br)cc1C=CC(=O)NC12CC3CC(CC(C3)C1)C2. The number of carbonyl (C=O) groups is 1. The van der Waals surface area contributed by atoms with E-state index in [-0.39, 0.29) is 11.4 Å². The van der Waals surface area contributed by atoms with Crippen LogP contribution in [0.2, 0.25) is 0 Å². The second-order valence-corrected chi connectivity index (χ2v) is 9.80. The van der Waals surface area contributed by atoms with Crippen LogP contribution in [0, 0.1) is 17.8 Å².